The minimum Gasteiger partial charge on any atom is -0.347 e. The Balaban J connectivity index is 1.80. The van der Waals surface area contributed by atoms with E-state index < -0.39 is 0 Å². The van der Waals surface area contributed by atoms with Gasteiger partial charge in [0.05, 0.1) is 23.3 Å². The first-order chi connectivity index (χ1) is 12.5. The molecule has 26 heavy (non-hydrogen) atoms. The summed E-state index contributed by atoms with van der Waals surface area (Å²) < 4.78 is 14.4. The summed E-state index contributed by atoms with van der Waals surface area (Å²) in [7, 11) is 0. The van der Waals surface area contributed by atoms with Gasteiger partial charge in [-0.15, -0.1) is 0 Å². The number of nitrogens with one attached hydrogen (secondary N) is 1. The van der Waals surface area contributed by atoms with Gasteiger partial charge < -0.3 is 5.32 Å². The van der Waals surface area contributed by atoms with Crippen molar-refractivity contribution in [2.24, 2.45) is 5.92 Å². The summed E-state index contributed by atoms with van der Waals surface area (Å²) in [5, 5.41) is 3.40. The molecular weight excluding hydrogens is 333 g/mol. The lowest BCUT2D eigenvalue weighted by molar-refractivity contribution is -0.122. The van der Waals surface area contributed by atoms with Crippen molar-refractivity contribution in [1.82, 2.24) is 14.9 Å². The van der Waals surface area contributed by atoms with E-state index in [1.165, 1.54) is 23.0 Å². The maximum Gasteiger partial charge on any atom is 0.261 e. The van der Waals surface area contributed by atoms with Crippen LogP contribution in [0, 0.1) is 11.7 Å². The summed E-state index contributed by atoms with van der Waals surface area (Å²) in [5.74, 6) is -0.514. The van der Waals surface area contributed by atoms with Crippen LogP contribution in [0.5, 0.6) is 0 Å². The Hall–Kier alpha value is -3.02. The van der Waals surface area contributed by atoms with E-state index in [9.17, 15) is 14.0 Å². The lowest BCUT2D eigenvalue weighted by Crippen LogP contribution is -2.36. The van der Waals surface area contributed by atoms with Crippen LogP contribution in [-0.4, -0.2) is 15.5 Å². The van der Waals surface area contributed by atoms with Crippen molar-refractivity contribution in [3.63, 3.8) is 0 Å². The molecular formula is C20H20FN3O2. The molecule has 0 bridgehead atoms. The number of rotatable bonds is 5. The maximum atomic E-state index is 13.1. The van der Waals surface area contributed by atoms with Crippen LogP contribution >= 0.6 is 0 Å². The molecule has 6 heteroatoms. The highest BCUT2D eigenvalue weighted by atomic mass is 19.1. The second kappa shape index (κ2) is 7.47. The number of carbonyl (C=O) groups is 1. The third-order valence-electron chi connectivity index (χ3n) is 4.26. The molecule has 1 amide bonds. The molecule has 134 valence electrons. The Kier molecular flexibility index (Phi) is 5.11. The van der Waals surface area contributed by atoms with Crippen LogP contribution in [0.25, 0.3) is 10.9 Å². The number of fused-ring (bicyclic) bond motifs is 1. The molecule has 0 saturated heterocycles. The molecule has 0 radical (unpaired) electrons. The van der Waals surface area contributed by atoms with E-state index in [-0.39, 0.29) is 35.8 Å². The van der Waals surface area contributed by atoms with Gasteiger partial charge in [-0.25, -0.2) is 9.37 Å². The van der Waals surface area contributed by atoms with E-state index in [4.69, 9.17) is 0 Å². The molecule has 0 aliphatic rings. The van der Waals surface area contributed by atoms with Crippen molar-refractivity contribution in [2.45, 2.75) is 26.4 Å². The lowest BCUT2D eigenvalue weighted by Gasteiger charge is -2.23. The fourth-order valence-electron chi connectivity index (χ4n) is 2.90. The van der Waals surface area contributed by atoms with E-state index in [0.717, 1.165) is 5.56 Å². The average Bonchev–Trinajstić information content (AvgIpc) is 2.63. The van der Waals surface area contributed by atoms with Gasteiger partial charge in [0.2, 0.25) is 5.91 Å². The van der Waals surface area contributed by atoms with Crippen LogP contribution < -0.4 is 10.9 Å². The van der Waals surface area contributed by atoms with E-state index >= 15 is 0 Å². The Morgan fingerprint density at radius 1 is 1.15 bits per heavy atom. The molecule has 0 saturated carbocycles. The van der Waals surface area contributed by atoms with Crippen LogP contribution in [0.2, 0.25) is 0 Å². The molecule has 1 atom stereocenters. The smallest absolute Gasteiger partial charge is 0.261 e. The van der Waals surface area contributed by atoms with E-state index in [0.29, 0.717) is 10.9 Å². The van der Waals surface area contributed by atoms with Crippen molar-refractivity contribution in [3.05, 3.63) is 76.6 Å². The largest absolute Gasteiger partial charge is 0.347 e. The molecule has 2 aromatic carbocycles. The highest BCUT2D eigenvalue weighted by Gasteiger charge is 2.19. The zero-order valence-corrected chi connectivity index (χ0v) is 14.6. The second-order valence-electron chi connectivity index (χ2n) is 6.54. The summed E-state index contributed by atoms with van der Waals surface area (Å²) >= 11 is 0. The molecule has 0 fully saturated rings. The monoisotopic (exact) mass is 353 g/mol. The van der Waals surface area contributed by atoms with Gasteiger partial charge in [-0.1, -0.05) is 38.1 Å². The molecule has 1 aromatic heterocycles. The first kappa shape index (κ1) is 17.8. The summed E-state index contributed by atoms with van der Waals surface area (Å²) in [6.45, 7) is 3.82. The highest BCUT2D eigenvalue weighted by molar-refractivity contribution is 5.79. The first-order valence-corrected chi connectivity index (χ1v) is 8.44. The topological polar surface area (TPSA) is 64.0 Å². The molecule has 1 unspecified atom stereocenters. The fraction of sp³-hybridized carbons (Fsp3) is 0.250. The molecule has 1 N–H and O–H groups in total. The number of para-hydroxylation sites is 1. The average molecular weight is 353 g/mol. The van der Waals surface area contributed by atoms with Gasteiger partial charge in [0.25, 0.3) is 5.56 Å². The number of hydrogen-bond donors (Lipinski definition) is 1. The van der Waals surface area contributed by atoms with Crippen LogP contribution in [0.4, 0.5) is 4.39 Å². The predicted octanol–water partition coefficient (Wildman–Crippen LogP) is 3.05. The van der Waals surface area contributed by atoms with Gasteiger partial charge in [-0.2, -0.15) is 0 Å². The van der Waals surface area contributed by atoms with Crippen molar-refractivity contribution >= 4 is 16.8 Å². The molecule has 3 rings (SSSR count). The molecule has 0 spiro atoms. The first-order valence-electron chi connectivity index (χ1n) is 8.44. The van der Waals surface area contributed by atoms with Crippen LogP contribution in [0.3, 0.4) is 0 Å². The molecule has 1 heterocycles. The number of hydrogen-bond acceptors (Lipinski definition) is 3. The quantitative estimate of drug-likeness (QED) is 0.767. The van der Waals surface area contributed by atoms with Gasteiger partial charge in [0, 0.05) is 0 Å². The number of amides is 1. The van der Waals surface area contributed by atoms with Crippen molar-refractivity contribution in [3.8, 4) is 0 Å². The van der Waals surface area contributed by atoms with Gasteiger partial charge >= 0.3 is 0 Å². The van der Waals surface area contributed by atoms with E-state index in [2.05, 4.69) is 10.3 Å². The third-order valence-corrected chi connectivity index (χ3v) is 4.26. The van der Waals surface area contributed by atoms with Crippen LogP contribution in [-0.2, 0) is 11.3 Å². The van der Waals surface area contributed by atoms with Gasteiger partial charge in [0.1, 0.15) is 12.4 Å². The normalized spacial score (nSPS) is 12.3. The minimum absolute atomic E-state index is 0.107. The zero-order chi connectivity index (χ0) is 18.7. The fourth-order valence-corrected chi connectivity index (χ4v) is 2.90. The van der Waals surface area contributed by atoms with Crippen LogP contribution in [0.15, 0.2) is 59.7 Å². The second-order valence-corrected chi connectivity index (χ2v) is 6.54. The Labute approximate surface area is 150 Å². The van der Waals surface area contributed by atoms with E-state index in [1.807, 2.05) is 19.9 Å². The van der Waals surface area contributed by atoms with Crippen molar-refractivity contribution in [1.29, 1.82) is 0 Å². The summed E-state index contributed by atoms with van der Waals surface area (Å²) in [5.41, 5.74) is 1.16. The number of nitrogens with zero attached hydrogens (tertiary/aromatic N) is 2. The van der Waals surface area contributed by atoms with Gasteiger partial charge in [0.15, 0.2) is 0 Å². The zero-order valence-electron chi connectivity index (χ0n) is 14.6. The third kappa shape index (κ3) is 3.79. The van der Waals surface area contributed by atoms with Crippen molar-refractivity contribution < 1.29 is 9.18 Å². The Morgan fingerprint density at radius 3 is 2.54 bits per heavy atom. The number of aromatic nitrogens is 2. The van der Waals surface area contributed by atoms with Gasteiger partial charge in [-0.05, 0) is 35.7 Å². The Bertz CT molecular complexity index is 980. The standard InChI is InChI=1S/C20H20FN3O2/c1-13(2)19(14-7-9-15(21)10-8-14)23-18(25)11-24-12-22-17-6-4-3-5-16(17)20(24)26/h3-10,12-13,19H,11H2,1-2H3,(H,23,25). The number of halogens is 1. The molecule has 0 aliphatic carbocycles. The Morgan fingerprint density at radius 2 is 1.85 bits per heavy atom. The van der Waals surface area contributed by atoms with Crippen LogP contribution in [0.1, 0.15) is 25.5 Å². The van der Waals surface area contributed by atoms with E-state index in [1.54, 1.807) is 30.3 Å². The number of carbonyl (C=O) groups excluding carboxylic acids is 1. The lowest BCUT2D eigenvalue weighted by atomic mass is 9.96. The van der Waals surface area contributed by atoms with Crippen molar-refractivity contribution in [2.75, 3.05) is 0 Å². The number of benzene rings is 2. The highest BCUT2D eigenvalue weighted by Crippen LogP contribution is 2.21. The predicted molar refractivity (Wildman–Crippen MR) is 98.1 cm³/mol. The summed E-state index contributed by atoms with van der Waals surface area (Å²) in [6.07, 6.45) is 1.38. The van der Waals surface area contributed by atoms with Gasteiger partial charge in [-0.3, -0.25) is 14.2 Å². The molecule has 5 nitrogen and oxygen atoms in total. The molecule has 3 aromatic rings. The molecule has 0 aliphatic heterocycles. The summed E-state index contributed by atoms with van der Waals surface area (Å²) in [6, 6.07) is 12.8. The SMILES string of the molecule is CC(C)C(NC(=O)Cn1cnc2ccccc2c1=O)c1ccc(F)cc1. The summed E-state index contributed by atoms with van der Waals surface area (Å²) in [4.78, 5) is 29.2. The minimum atomic E-state index is -0.323. The maximum absolute atomic E-state index is 13.1.